The van der Waals surface area contributed by atoms with Crippen molar-refractivity contribution in [1.29, 1.82) is 0 Å². The van der Waals surface area contributed by atoms with E-state index in [2.05, 4.69) is 9.46 Å². The van der Waals surface area contributed by atoms with Crippen LogP contribution in [0.15, 0.2) is 24.3 Å². The number of nitrogens with one attached hydrogen (secondary N) is 1. The van der Waals surface area contributed by atoms with Gasteiger partial charge in [-0.05, 0) is 45.4 Å². The molecule has 0 saturated heterocycles. The Bertz CT molecular complexity index is 532. The van der Waals surface area contributed by atoms with Crippen LogP contribution in [0.5, 0.6) is 5.75 Å². The fraction of sp³-hybridized carbons (Fsp3) is 0.571. The number of hydrogen-bond acceptors (Lipinski definition) is 2. The standard InChI is InChI=1S/C14H19F4NO2S/c1-9(19-22(20)13(2,3)4)10-6-5-7-11(8-10)21-14(17,18)12(15)16/h5-9,12,19H,1-4H3/t9?,22-/m1/s1. The molecule has 1 rings (SSSR count). The molecular weight excluding hydrogens is 322 g/mol. The van der Waals surface area contributed by atoms with Gasteiger partial charge in [-0.1, -0.05) is 12.1 Å². The van der Waals surface area contributed by atoms with Crippen molar-refractivity contribution in [2.45, 2.75) is 51.0 Å². The first-order chi connectivity index (χ1) is 9.93. The SMILES string of the molecule is CC(N[S@](=O)C(C)(C)C)c1cccc(OC(F)(F)C(F)F)c1. The Morgan fingerprint density at radius 1 is 1.23 bits per heavy atom. The van der Waals surface area contributed by atoms with Crippen LogP contribution in [0.4, 0.5) is 17.6 Å². The monoisotopic (exact) mass is 341 g/mol. The Morgan fingerprint density at radius 2 is 1.82 bits per heavy atom. The van der Waals surface area contributed by atoms with Crippen molar-refractivity contribution >= 4 is 11.0 Å². The predicted octanol–water partition coefficient (Wildman–Crippen LogP) is 4.04. The highest BCUT2D eigenvalue weighted by Gasteiger charge is 2.44. The Hall–Kier alpha value is -1.15. The van der Waals surface area contributed by atoms with Gasteiger partial charge >= 0.3 is 12.5 Å². The average Bonchev–Trinajstić information content (AvgIpc) is 2.37. The highest BCUT2D eigenvalue weighted by Crippen LogP contribution is 2.29. The van der Waals surface area contributed by atoms with Crippen LogP contribution in [0.3, 0.4) is 0 Å². The van der Waals surface area contributed by atoms with Gasteiger partial charge in [-0.25, -0.2) is 8.93 Å². The van der Waals surface area contributed by atoms with Gasteiger partial charge in [-0.2, -0.15) is 17.6 Å². The molecular formula is C14H19F4NO2S. The fourth-order valence-corrected chi connectivity index (χ4v) is 2.27. The summed E-state index contributed by atoms with van der Waals surface area (Å²) in [4.78, 5) is 0. The summed E-state index contributed by atoms with van der Waals surface area (Å²) in [5.74, 6) is -0.377. The summed E-state index contributed by atoms with van der Waals surface area (Å²) in [6.45, 7) is 7.04. The van der Waals surface area contributed by atoms with Gasteiger partial charge in [0.2, 0.25) is 0 Å². The molecule has 0 aliphatic rings. The van der Waals surface area contributed by atoms with Crippen LogP contribution < -0.4 is 9.46 Å². The molecule has 1 unspecified atom stereocenters. The third-order valence-corrected chi connectivity index (χ3v) is 4.39. The molecule has 0 radical (unpaired) electrons. The lowest BCUT2D eigenvalue weighted by molar-refractivity contribution is -0.253. The maximum Gasteiger partial charge on any atom is 0.461 e. The zero-order chi connectivity index (χ0) is 17.1. The van der Waals surface area contributed by atoms with Gasteiger partial charge in [0.25, 0.3) is 0 Å². The summed E-state index contributed by atoms with van der Waals surface area (Å²) in [6, 6.07) is 4.96. The van der Waals surface area contributed by atoms with Crippen molar-refractivity contribution in [3.05, 3.63) is 29.8 Å². The second-order valence-corrected chi connectivity index (χ2v) is 7.76. The van der Waals surface area contributed by atoms with E-state index in [1.807, 2.05) is 0 Å². The smallest absolute Gasteiger partial charge is 0.428 e. The van der Waals surface area contributed by atoms with Crippen molar-refractivity contribution in [1.82, 2.24) is 4.72 Å². The van der Waals surface area contributed by atoms with Gasteiger partial charge in [0.15, 0.2) is 0 Å². The average molecular weight is 341 g/mol. The van der Waals surface area contributed by atoms with Gasteiger partial charge in [-0.3, -0.25) is 0 Å². The molecule has 0 aliphatic carbocycles. The molecule has 0 heterocycles. The molecule has 0 aliphatic heterocycles. The van der Waals surface area contributed by atoms with E-state index in [1.165, 1.54) is 12.1 Å². The number of alkyl halides is 4. The molecule has 0 fully saturated rings. The molecule has 0 amide bonds. The summed E-state index contributed by atoms with van der Waals surface area (Å²) >= 11 is 0. The van der Waals surface area contributed by atoms with Crippen molar-refractivity contribution in [3.8, 4) is 5.75 Å². The van der Waals surface area contributed by atoms with Crippen LogP contribution in [0, 0.1) is 0 Å². The Morgan fingerprint density at radius 3 is 2.32 bits per heavy atom. The molecule has 126 valence electrons. The molecule has 0 spiro atoms. The molecule has 0 aromatic heterocycles. The first kappa shape index (κ1) is 18.9. The van der Waals surface area contributed by atoms with Gasteiger partial charge < -0.3 is 4.74 Å². The van der Waals surface area contributed by atoms with Crippen LogP contribution in [0.25, 0.3) is 0 Å². The van der Waals surface area contributed by atoms with Crippen molar-refractivity contribution < 1.29 is 26.5 Å². The Balaban J connectivity index is 2.86. The van der Waals surface area contributed by atoms with Crippen LogP contribution in [-0.4, -0.2) is 21.5 Å². The lowest BCUT2D eigenvalue weighted by atomic mass is 10.1. The highest BCUT2D eigenvalue weighted by molar-refractivity contribution is 7.84. The minimum atomic E-state index is -4.55. The van der Waals surface area contributed by atoms with Crippen molar-refractivity contribution in [2.75, 3.05) is 0 Å². The summed E-state index contributed by atoms with van der Waals surface area (Å²) < 4.78 is 68.4. The Kier molecular flexibility index (Phi) is 5.97. The quantitative estimate of drug-likeness (QED) is 0.793. The number of hydrogen-bond donors (Lipinski definition) is 1. The van der Waals surface area contributed by atoms with Crippen molar-refractivity contribution in [3.63, 3.8) is 0 Å². The van der Waals surface area contributed by atoms with Crippen LogP contribution >= 0.6 is 0 Å². The fourth-order valence-electron chi connectivity index (χ4n) is 1.45. The number of ether oxygens (including phenoxy) is 1. The molecule has 1 aromatic carbocycles. The third kappa shape index (κ3) is 5.24. The summed E-state index contributed by atoms with van der Waals surface area (Å²) in [6.07, 6.45) is -8.47. The van der Waals surface area contributed by atoms with E-state index in [1.54, 1.807) is 33.8 Å². The molecule has 1 aromatic rings. The normalized spacial score (nSPS) is 15.7. The first-order valence-corrected chi connectivity index (χ1v) is 7.71. The van der Waals surface area contributed by atoms with E-state index in [0.29, 0.717) is 5.56 Å². The summed E-state index contributed by atoms with van der Waals surface area (Å²) in [5.41, 5.74) is 0.500. The van der Waals surface area contributed by atoms with Gasteiger partial charge in [0.05, 0.1) is 15.7 Å². The highest BCUT2D eigenvalue weighted by atomic mass is 32.2. The van der Waals surface area contributed by atoms with Crippen molar-refractivity contribution in [2.24, 2.45) is 0 Å². The van der Waals surface area contributed by atoms with Crippen LogP contribution in [-0.2, 0) is 11.0 Å². The summed E-state index contributed by atoms with van der Waals surface area (Å²) in [7, 11) is -1.36. The molecule has 3 nitrogen and oxygen atoms in total. The zero-order valence-corrected chi connectivity index (χ0v) is 13.5. The maximum atomic E-state index is 12.9. The second kappa shape index (κ2) is 6.95. The predicted molar refractivity (Wildman–Crippen MR) is 77.5 cm³/mol. The molecule has 2 atom stereocenters. The first-order valence-electron chi connectivity index (χ1n) is 6.56. The Labute approximate surface area is 129 Å². The lowest BCUT2D eigenvalue weighted by Crippen LogP contribution is -2.35. The van der Waals surface area contributed by atoms with E-state index in [4.69, 9.17) is 0 Å². The maximum absolute atomic E-state index is 12.9. The van der Waals surface area contributed by atoms with E-state index in [9.17, 15) is 21.8 Å². The molecule has 1 N–H and O–H groups in total. The molecule has 0 bridgehead atoms. The minimum Gasteiger partial charge on any atom is -0.428 e. The zero-order valence-electron chi connectivity index (χ0n) is 12.7. The van der Waals surface area contributed by atoms with E-state index < -0.39 is 34.3 Å². The van der Waals surface area contributed by atoms with Crippen LogP contribution in [0.2, 0.25) is 0 Å². The number of rotatable bonds is 6. The largest absolute Gasteiger partial charge is 0.461 e. The van der Waals surface area contributed by atoms with E-state index >= 15 is 0 Å². The number of benzene rings is 1. The van der Waals surface area contributed by atoms with Gasteiger partial charge in [-0.15, -0.1) is 0 Å². The third-order valence-electron chi connectivity index (χ3n) is 2.71. The molecule has 8 heteroatoms. The van der Waals surface area contributed by atoms with Gasteiger partial charge in [0.1, 0.15) is 5.75 Å². The van der Waals surface area contributed by atoms with E-state index in [-0.39, 0.29) is 5.75 Å². The lowest BCUT2D eigenvalue weighted by Gasteiger charge is -2.23. The van der Waals surface area contributed by atoms with Crippen LogP contribution in [0.1, 0.15) is 39.3 Å². The molecule has 0 saturated carbocycles. The minimum absolute atomic E-state index is 0.377. The number of halogens is 4. The molecule has 22 heavy (non-hydrogen) atoms. The van der Waals surface area contributed by atoms with E-state index in [0.717, 1.165) is 6.07 Å². The second-order valence-electron chi connectivity index (χ2n) is 5.76. The van der Waals surface area contributed by atoms with Gasteiger partial charge in [0, 0.05) is 6.04 Å². The summed E-state index contributed by atoms with van der Waals surface area (Å²) in [5, 5.41) is 0. The topological polar surface area (TPSA) is 38.3 Å².